The van der Waals surface area contributed by atoms with E-state index in [9.17, 15) is 29.3 Å². The quantitative estimate of drug-likeness (QED) is 0.0245. The molecule has 51 heavy (non-hydrogen) atoms. The summed E-state index contributed by atoms with van der Waals surface area (Å²) in [5.74, 6) is -1.05. The molecule has 0 aromatic heterocycles. The van der Waals surface area contributed by atoms with E-state index in [1.165, 1.54) is 25.7 Å². The zero-order chi connectivity index (χ0) is 37.7. The Morgan fingerprint density at radius 3 is 1.22 bits per heavy atom. The molecular weight excluding hydrogens is 671 g/mol. The van der Waals surface area contributed by atoms with Crippen molar-refractivity contribution in [1.29, 1.82) is 0 Å². The molecule has 0 radical (unpaired) electrons. The van der Waals surface area contributed by atoms with E-state index in [-0.39, 0.29) is 12.8 Å². The Kier molecular flexibility index (Phi) is 34.8. The van der Waals surface area contributed by atoms with Gasteiger partial charge in [0.15, 0.2) is 0 Å². The van der Waals surface area contributed by atoms with Crippen molar-refractivity contribution in [3.05, 3.63) is 48.6 Å². The summed E-state index contributed by atoms with van der Waals surface area (Å²) in [6.07, 6.45) is 36.5. The number of carbonyl (C=O) groups is 2. The lowest BCUT2D eigenvalue weighted by atomic mass is 10.1. The molecular formula is C40H71O10P. The first-order valence-electron chi connectivity index (χ1n) is 19.6. The highest BCUT2D eigenvalue weighted by molar-refractivity contribution is 7.47. The Bertz CT molecular complexity index is 920. The second-order valence-electron chi connectivity index (χ2n) is 12.9. The van der Waals surface area contributed by atoms with Crippen LogP contribution in [0, 0.1) is 0 Å². The maximum Gasteiger partial charge on any atom is 0.472 e. The van der Waals surface area contributed by atoms with E-state index >= 15 is 0 Å². The van der Waals surface area contributed by atoms with E-state index in [2.05, 4.69) is 62.5 Å². The van der Waals surface area contributed by atoms with Crippen molar-refractivity contribution in [3.63, 3.8) is 0 Å². The van der Waals surface area contributed by atoms with Crippen molar-refractivity contribution in [2.75, 3.05) is 26.4 Å². The average Bonchev–Trinajstić information content (AvgIpc) is 3.12. The average molecular weight is 743 g/mol. The Morgan fingerprint density at radius 2 is 0.863 bits per heavy atom. The number of aliphatic hydroxyl groups excluding tert-OH is 2. The van der Waals surface area contributed by atoms with Crippen molar-refractivity contribution in [2.24, 2.45) is 0 Å². The van der Waals surface area contributed by atoms with Gasteiger partial charge in [-0.25, -0.2) is 4.57 Å². The van der Waals surface area contributed by atoms with Crippen LogP contribution in [0.25, 0.3) is 0 Å². The number of aliphatic hydroxyl groups is 2. The topological polar surface area (TPSA) is 149 Å². The van der Waals surface area contributed by atoms with E-state index < -0.39 is 58.4 Å². The molecule has 11 heteroatoms. The van der Waals surface area contributed by atoms with E-state index in [1.54, 1.807) is 0 Å². The van der Waals surface area contributed by atoms with Crippen LogP contribution >= 0.6 is 7.82 Å². The van der Waals surface area contributed by atoms with Gasteiger partial charge < -0.3 is 24.6 Å². The minimum Gasteiger partial charge on any atom is -0.457 e. The second-order valence-corrected chi connectivity index (χ2v) is 14.4. The number of phosphoric acid groups is 1. The number of rotatable bonds is 36. The number of esters is 2. The fourth-order valence-corrected chi connectivity index (χ4v) is 5.69. The van der Waals surface area contributed by atoms with Crippen LogP contribution in [0.5, 0.6) is 0 Å². The minimum absolute atomic E-state index is 0.173. The van der Waals surface area contributed by atoms with E-state index in [1.807, 2.05) is 0 Å². The molecule has 3 N–H and O–H groups in total. The summed E-state index contributed by atoms with van der Waals surface area (Å²) < 4.78 is 32.4. The van der Waals surface area contributed by atoms with Crippen LogP contribution < -0.4 is 0 Å². The predicted octanol–water partition coefficient (Wildman–Crippen LogP) is 9.78. The SMILES string of the molecule is CCCC/C=C\C/C=C\CCCCCCCC(=O)OC(CO)COP(=O)(O)OCC(CO)OC(=O)CCCCCCC/C=C\C/C=C\CCCC. The summed E-state index contributed by atoms with van der Waals surface area (Å²) in [5.41, 5.74) is 0. The molecule has 0 aliphatic heterocycles. The zero-order valence-electron chi connectivity index (χ0n) is 31.8. The standard InChI is InChI=1S/C40H71O10P/c1-3-5-7-9-11-13-15-17-19-21-23-25-27-29-31-39(43)49-37(33-41)35-47-51(45,46)48-36-38(34-42)50-40(44)32-30-28-26-24-22-20-18-16-14-12-10-8-6-4-2/h9-12,15-18,37-38,41-42H,3-8,13-14,19-36H2,1-2H3,(H,45,46)/b11-9-,12-10-,17-15-,18-16-. The molecule has 10 nitrogen and oxygen atoms in total. The number of hydrogen-bond acceptors (Lipinski definition) is 9. The Hall–Kier alpha value is -2.07. The molecule has 2 unspecified atom stereocenters. The lowest BCUT2D eigenvalue weighted by molar-refractivity contribution is -0.153. The first kappa shape index (κ1) is 48.9. The molecule has 2 atom stereocenters. The summed E-state index contributed by atoms with van der Waals surface area (Å²) in [7, 11) is -4.64. The highest BCUT2D eigenvalue weighted by Gasteiger charge is 2.27. The number of ether oxygens (including phenoxy) is 2. The Morgan fingerprint density at radius 1 is 0.529 bits per heavy atom. The van der Waals surface area contributed by atoms with E-state index in [4.69, 9.17) is 18.5 Å². The smallest absolute Gasteiger partial charge is 0.457 e. The van der Waals surface area contributed by atoms with Crippen LogP contribution in [0.2, 0.25) is 0 Å². The van der Waals surface area contributed by atoms with Gasteiger partial charge in [-0.2, -0.15) is 0 Å². The molecule has 0 fully saturated rings. The molecule has 0 rings (SSSR count). The fourth-order valence-electron chi connectivity index (χ4n) is 4.91. The van der Waals surface area contributed by atoms with E-state index in [0.29, 0.717) is 12.8 Å². The van der Waals surface area contributed by atoms with Gasteiger partial charge in [0.2, 0.25) is 0 Å². The minimum atomic E-state index is -4.64. The van der Waals surface area contributed by atoms with Crippen LogP contribution in [0.1, 0.15) is 155 Å². The summed E-state index contributed by atoms with van der Waals surface area (Å²) in [6.45, 7) is 2.07. The highest BCUT2D eigenvalue weighted by atomic mass is 31.2. The van der Waals surface area contributed by atoms with Crippen molar-refractivity contribution in [1.82, 2.24) is 0 Å². The van der Waals surface area contributed by atoms with Crippen molar-refractivity contribution >= 4 is 19.8 Å². The van der Waals surface area contributed by atoms with Crippen LogP contribution in [-0.2, 0) is 32.7 Å². The number of carbonyl (C=O) groups excluding carboxylic acids is 2. The summed E-state index contributed by atoms with van der Waals surface area (Å²) >= 11 is 0. The van der Waals surface area contributed by atoms with Gasteiger partial charge in [0.1, 0.15) is 12.2 Å². The van der Waals surface area contributed by atoms with Gasteiger partial charge in [-0.3, -0.25) is 18.6 Å². The number of phosphoric ester groups is 1. The molecule has 0 saturated carbocycles. The van der Waals surface area contributed by atoms with Gasteiger partial charge in [-0.15, -0.1) is 0 Å². The monoisotopic (exact) mass is 742 g/mol. The first-order chi connectivity index (χ1) is 24.8. The molecule has 0 heterocycles. The third-order valence-electron chi connectivity index (χ3n) is 8.01. The van der Waals surface area contributed by atoms with Crippen LogP contribution in [0.4, 0.5) is 0 Å². The maximum atomic E-state index is 12.3. The third kappa shape index (κ3) is 34.8. The highest BCUT2D eigenvalue weighted by Crippen LogP contribution is 2.43. The molecule has 0 spiro atoms. The lowest BCUT2D eigenvalue weighted by Gasteiger charge is -2.20. The number of allylic oxidation sites excluding steroid dienone is 8. The molecule has 0 saturated heterocycles. The Balaban J connectivity index is 4.02. The van der Waals surface area contributed by atoms with Gasteiger partial charge in [0.05, 0.1) is 26.4 Å². The molecule has 0 aromatic carbocycles. The fraction of sp³-hybridized carbons (Fsp3) is 0.750. The van der Waals surface area contributed by atoms with Crippen LogP contribution in [-0.4, -0.2) is 65.7 Å². The van der Waals surface area contributed by atoms with Gasteiger partial charge in [0, 0.05) is 12.8 Å². The van der Waals surface area contributed by atoms with Gasteiger partial charge in [-0.1, -0.05) is 127 Å². The van der Waals surface area contributed by atoms with Crippen molar-refractivity contribution in [2.45, 2.75) is 167 Å². The van der Waals surface area contributed by atoms with E-state index in [0.717, 1.165) is 89.9 Å². The lowest BCUT2D eigenvalue weighted by Crippen LogP contribution is -2.28. The van der Waals surface area contributed by atoms with Crippen molar-refractivity contribution < 1.29 is 47.8 Å². The predicted molar refractivity (Wildman–Crippen MR) is 205 cm³/mol. The molecule has 0 amide bonds. The summed E-state index contributed by atoms with van der Waals surface area (Å²) in [5, 5.41) is 19.1. The third-order valence-corrected chi connectivity index (χ3v) is 8.96. The summed E-state index contributed by atoms with van der Waals surface area (Å²) in [4.78, 5) is 34.4. The normalized spacial score (nSPS) is 14.5. The van der Waals surface area contributed by atoms with Gasteiger partial charge >= 0.3 is 19.8 Å². The number of hydrogen-bond donors (Lipinski definition) is 3. The first-order valence-corrected chi connectivity index (χ1v) is 21.1. The van der Waals surface area contributed by atoms with Crippen LogP contribution in [0.3, 0.4) is 0 Å². The molecule has 0 aliphatic carbocycles. The van der Waals surface area contributed by atoms with Gasteiger partial charge in [0.25, 0.3) is 0 Å². The molecule has 296 valence electrons. The number of unbranched alkanes of at least 4 members (excludes halogenated alkanes) is 14. The molecule has 0 bridgehead atoms. The molecule has 0 aliphatic rings. The zero-order valence-corrected chi connectivity index (χ0v) is 32.7. The Labute approximate surface area is 309 Å². The van der Waals surface area contributed by atoms with Gasteiger partial charge in [-0.05, 0) is 64.2 Å². The summed E-state index contributed by atoms with van der Waals surface area (Å²) in [6, 6.07) is 0. The maximum absolute atomic E-state index is 12.3. The second kappa shape index (κ2) is 36.3. The largest absolute Gasteiger partial charge is 0.472 e. The molecule has 0 aromatic rings. The van der Waals surface area contributed by atoms with Crippen LogP contribution in [0.15, 0.2) is 48.6 Å². The van der Waals surface area contributed by atoms with Crippen molar-refractivity contribution in [3.8, 4) is 0 Å².